The summed E-state index contributed by atoms with van der Waals surface area (Å²) in [6.45, 7) is 4.01. The van der Waals surface area contributed by atoms with E-state index in [1.165, 1.54) is 0 Å². The highest BCUT2D eigenvalue weighted by Gasteiger charge is 2.02. The highest BCUT2D eigenvalue weighted by Crippen LogP contribution is 2.11. The fourth-order valence-corrected chi connectivity index (χ4v) is 2.44. The van der Waals surface area contributed by atoms with E-state index in [0.29, 0.717) is 6.42 Å². The first kappa shape index (κ1) is 15.1. The number of aryl methyl sites for hydroxylation is 1. The molecule has 3 nitrogen and oxygen atoms in total. The van der Waals surface area contributed by atoms with Gasteiger partial charge in [0.1, 0.15) is 0 Å². The third-order valence-corrected chi connectivity index (χ3v) is 3.71. The van der Waals surface area contributed by atoms with Crippen molar-refractivity contribution in [3.05, 3.63) is 29.8 Å². The van der Waals surface area contributed by atoms with Crippen molar-refractivity contribution in [3.8, 4) is 0 Å². The van der Waals surface area contributed by atoms with E-state index < -0.39 is 0 Å². The lowest BCUT2D eigenvalue weighted by atomic mass is 10.2. The van der Waals surface area contributed by atoms with E-state index in [1.54, 1.807) is 0 Å². The molecule has 1 amide bonds. The predicted octanol–water partition coefficient (Wildman–Crippen LogP) is 2.79. The van der Waals surface area contributed by atoms with Crippen molar-refractivity contribution in [2.24, 2.45) is 5.73 Å². The Labute approximate surface area is 114 Å². The molecule has 1 unspecified atom stereocenters. The number of hydrogen-bond acceptors (Lipinski definition) is 3. The average Bonchev–Trinajstić information content (AvgIpc) is 2.28. The van der Waals surface area contributed by atoms with Gasteiger partial charge in [-0.2, -0.15) is 11.8 Å². The summed E-state index contributed by atoms with van der Waals surface area (Å²) < 4.78 is 0. The summed E-state index contributed by atoms with van der Waals surface area (Å²) in [7, 11) is 0. The van der Waals surface area contributed by atoms with Crippen LogP contribution in [0.5, 0.6) is 0 Å². The fourth-order valence-electron chi connectivity index (χ4n) is 1.55. The van der Waals surface area contributed by atoms with Crippen LogP contribution in [0.2, 0.25) is 0 Å². The van der Waals surface area contributed by atoms with Gasteiger partial charge in [0.25, 0.3) is 0 Å². The maximum Gasteiger partial charge on any atom is 0.224 e. The molecule has 1 aromatic carbocycles. The third kappa shape index (κ3) is 6.67. The van der Waals surface area contributed by atoms with Gasteiger partial charge in [-0.05, 0) is 43.7 Å². The normalized spacial score (nSPS) is 12.2. The highest BCUT2D eigenvalue weighted by atomic mass is 32.2. The number of thioether (sulfide) groups is 1. The minimum absolute atomic E-state index is 0.0852. The quantitative estimate of drug-likeness (QED) is 0.746. The Balaban J connectivity index is 2.18. The van der Waals surface area contributed by atoms with Gasteiger partial charge in [0.05, 0.1) is 0 Å². The average molecular weight is 266 g/mol. The number of nitrogens with one attached hydrogen (secondary N) is 1. The molecule has 0 radical (unpaired) electrons. The van der Waals surface area contributed by atoms with Crippen LogP contribution in [0, 0.1) is 6.92 Å². The Bertz CT molecular complexity index is 380. The topological polar surface area (TPSA) is 55.1 Å². The third-order valence-electron chi connectivity index (χ3n) is 2.38. The molecule has 18 heavy (non-hydrogen) atoms. The lowest BCUT2D eigenvalue weighted by Crippen LogP contribution is -2.18. The van der Waals surface area contributed by atoms with Gasteiger partial charge < -0.3 is 11.1 Å². The molecule has 0 aliphatic carbocycles. The molecule has 0 saturated heterocycles. The molecule has 4 heteroatoms. The first-order chi connectivity index (χ1) is 8.58. The van der Waals surface area contributed by atoms with Crippen LogP contribution in [-0.4, -0.2) is 23.5 Å². The maximum absolute atomic E-state index is 11.7. The molecule has 3 N–H and O–H groups in total. The maximum atomic E-state index is 11.7. The summed E-state index contributed by atoms with van der Waals surface area (Å²) in [6, 6.07) is 8.08. The van der Waals surface area contributed by atoms with Gasteiger partial charge in [0.2, 0.25) is 5.91 Å². The van der Waals surface area contributed by atoms with Crippen molar-refractivity contribution < 1.29 is 4.79 Å². The van der Waals surface area contributed by atoms with Crippen LogP contribution in [0.1, 0.15) is 25.3 Å². The zero-order valence-electron chi connectivity index (χ0n) is 11.1. The lowest BCUT2D eigenvalue weighted by Gasteiger charge is -2.06. The van der Waals surface area contributed by atoms with Crippen molar-refractivity contribution in [2.45, 2.75) is 32.7 Å². The molecule has 0 aromatic heterocycles. The van der Waals surface area contributed by atoms with Crippen molar-refractivity contribution in [1.82, 2.24) is 0 Å². The fraction of sp³-hybridized carbons (Fsp3) is 0.500. The highest BCUT2D eigenvalue weighted by molar-refractivity contribution is 7.99. The molecule has 1 atom stereocenters. The number of rotatable bonds is 7. The number of benzene rings is 1. The molecule has 1 rings (SSSR count). The number of hydrogen-bond donors (Lipinski definition) is 2. The van der Waals surface area contributed by atoms with Crippen molar-refractivity contribution >= 4 is 23.4 Å². The van der Waals surface area contributed by atoms with E-state index >= 15 is 0 Å². The van der Waals surface area contributed by atoms with Crippen LogP contribution in [0.25, 0.3) is 0 Å². The predicted molar refractivity (Wildman–Crippen MR) is 80.0 cm³/mol. The van der Waals surface area contributed by atoms with Gasteiger partial charge in [0, 0.05) is 23.9 Å². The molecule has 0 spiro atoms. The summed E-state index contributed by atoms with van der Waals surface area (Å²) in [5.74, 6) is 2.03. The second-order valence-corrected chi connectivity index (χ2v) is 5.72. The van der Waals surface area contributed by atoms with Crippen LogP contribution >= 0.6 is 11.8 Å². The Morgan fingerprint density at radius 2 is 2.28 bits per heavy atom. The van der Waals surface area contributed by atoms with E-state index in [9.17, 15) is 4.79 Å². The second kappa shape index (κ2) is 8.16. The summed E-state index contributed by atoms with van der Waals surface area (Å²) in [5.41, 5.74) is 7.68. The second-order valence-electron chi connectivity index (χ2n) is 4.57. The van der Waals surface area contributed by atoms with Crippen LogP contribution < -0.4 is 11.1 Å². The molecule has 0 fully saturated rings. The Kier molecular flexibility index (Phi) is 6.83. The lowest BCUT2D eigenvalue weighted by molar-refractivity contribution is -0.116. The van der Waals surface area contributed by atoms with Crippen LogP contribution in [0.4, 0.5) is 5.69 Å². The molecular weight excluding hydrogens is 244 g/mol. The van der Waals surface area contributed by atoms with E-state index in [4.69, 9.17) is 5.73 Å². The smallest absolute Gasteiger partial charge is 0.224 e. The van der Waals surface area contributed by atoms with Crippen molar-refractivity contribution in [1.29, 1.82) is 0 Å². The molecular formula is C14H22N2OS. The number of nitrogens with two attached hydrogens (primary N) is 1. The Hall–Kier alpha value is -1.00. The SMILES string of the molecule is Cc1cccc(NC(=O)CCCSCC(C)N)c1. The summed E-state index contributed by atoms with van der Waals surface area (Å²) in [5, 5.41) is 2.91. The largest absolute Gasteiger partial charge is 0.327 e. The van der Waals surface area contributed by atoms with E-state index in [-0.39, 0.29) is 11.9 Å². The van der Waals surface area contributed by atoms with Crippen LogP contribution in [0.3, 0.4) is 0 Å². The first-order valence-electron chi connectivity index (χ1n) is 6.28. The van der Waals surface area contributed by atoms with Gasteiger partial charge in [-0.3, -0.25) is 4.79 Å². The van der Waals surface area contributed by atoms with E-state index in [2.05, 4.69) is 5.32 Å². The van der Waals surface area contributed by atoms with Gasteiger partial charge >= 0.3 is 0 Å². The van der Waals surface area contributed by atoms with E-state index in [0.717, 1.165) is 29.2 Å². The molecule has 0 saturated carbocycles. The number of carbonyl (C=O) groups is 1. The minimum atomic E-state index is 0.0852. The van der Waals surface area contributed by atoms with Crippen molar-refractivity contribution in [3.63, 3.8) is 0 Å². The summed E-state index contributed by atoms with van der Waals surface area (Å²) >= 11 is 1.81. The molecule has 0 aliphatic heterocycles. The van der Waals surface area contributed by atoms with Crippen LogP contribution in [-0.2, 0) is 4.79 Å². The molecule has 0 aliphatic rings. The summed E-state index contributed by atoms with van der Waals surface area (Å²) in [4.78, 5) is 11.7. The monoisotopic (exact) mass is 266 g/mol. The standard InChI is InChI=1S/C14H22N2OS/c1-11-5-3-6-13(9-11)16-14(17)7-4-8-18-10-12(2)15/h3,5-6,9,12H,4,7-8,10,15H2,1-2H3,(H,16,17). The first-order valence-corrected chi connectivity index (χ1v) is 7.43. The van der Waals surface area contributed by atoms with Crippen molar-refractivity contribution in [2.75, 3.05) is 16.8 Å². The number of anilines is 1. The summed E-state index contributed by atoms with van der Waals surface area (Å²) in [6.07, 6.45) is 1.47. The Morgan fingerprint density at radius 1 is 1.50 bits per heavy atom. The van der Waals surface area contributed by atoms with Crippen LogP contribution in [0.15, 0.2) is 24.3 Å². The molecule has 1 aromatic rings. The zero-order valence-corrected chi connectivity index (χ0v) is 11.9. The number of carbonyl (C=O) groups excluding carboxylic acids is 1. The number of amides is 1. The van der Waals surface area contributed by atoms with E-state index in [1.807, 2.05) is 49.9 Å². The van der Waals surface area contributed by atoms with Gasteiger partial charge in [0.15, 0.2) is 0 Å². The minimum Gasteiger partial charge on any atom is -0.327 e. The van der Waals surface area contributed by atoms with Gasteiger partial charge in [-0.1, -0.05) is 12.1 Å². The van der Waals surface area contributed by atoms with Gasteiger partial charge in [-0.25, -0.2) is 0 Å². The van der Waals surface area contributed by atoms with Gasteiger partial charge in [-0.15, -0.1) is 0 Å². The molecule has 100 valence electrons. The molecule has 0 heterocycles. The zero-order chi connectivity index (χ0) is 13.4. The molecule has 0 bridgehead atoms. The Morgan fingerprint density at radius 3 is 2.94 bits per heavy atom.